The van der Waals surface area contributed by atoms with Crippen molar-refractivity contribution in [1.29, 1.82) is 0 Å². The molecule has 5 N–H and O–H groups in total. The van der Waals surface area contributed by atoms with Crippen molar-refractivity contribution in [2.75, 3.05) is 11.2 Å². The van der Waals surface area contributed by atoms with Gasteiger partial charge in [-0.2, -0.15) is 9.97 Å². The van der Waals surface area contributed by atoms with Gasteiger partial charge in [0.25, 0.3) is 0 Å². The van der Waals surface area contributed by atoms with Crippen LogP contribution in [0.4, 0.5) is 11.8 Å². The summed E-state index contributed by atoms with van der Waals surface area (Å²) in [6.07, 6.45) is 0. The van der Waals surface area contributed by atoms with Crippen LogP contribution in [0.1, 0.15) is 5.56 Å². The van der Waals surface area contributed by atoms with Gasteiger partial charge in [-0.3, -0.25) is 0 Å². The molecular formula is C11H12ClN5O. The first-order valence-electron chi connectivity index (χ1n) is 5.16. The molecule has 18 heavy (non-hydrogen) atoms. The Morgan fingerprint density at radius 3 is 2.78 bits per heavy atom. The summed E-state index contributed by atoms with van der Waals surface area (Å²) in [5.41, 5.74) is 8.75. The van der Waals surface area contributed by atoms with E-state index in [2.05, 4.69) is 15.4 Å². The Balaban J connectivity index is 2.11. The number of anilines is 2. The Kier molecular flexibility index (Phi) is 3.81. The zero-order valence-electron chi connectivity index (χ0n) is 9.43. The molecule has 1 aromatic carbocycles. The van der Waals surface area contributed by atoms with Gasteiger partial charge in [-0.25, -0.2) is 5.84 Å². The second kappa shape index (κ2) is 5.52. The number of hydrogen-bond donors (Lipinski definition) is 3. The summed E-state index contributed by atoms with van der Waals surface area (Å²) in [5.74, 6) is 6.04. The van der Waals surface area contributed by atoms with E-state index in [1.165, 1.54) is 0 Å². The fraction of sp³-hybridized carbons (Fsp3) is 0.0909. The number of nitrogens with one attached hydrogen (secondary N) is 1. The molecule has 0 spiro atoms. The molecule has 7 heteroatoms. The van der Waals surface area contributed by atoms with Gasteiger partial charge in [0.05, 0.1) is 0 Å². The van der Waals surface area contributed by atoms with Crippen LogP contribution in [0.25, 0.3) is 0 Å². The van der Waals surface area contributed by atoms with E-state index in [0.29, 0.717) is 23.3 Å². The third-order valence-electron chi connectivity index (χ3n) is 2.20. The topological polar surface area (TPSA) is 99.1 Å². The zero-order chi connectivity index (χ0) is 13.0. The minimum atomic E-state index is 0.0830. The third kappa shape index (κ3) is 2.99. The number of aromatic nitrogens is 2. The van der Waals surface area contributed by atoms with E-state index in [0.717, 1.165) is 5.56 Å². The summed E-state index contributed by atoms with van der Waals surface area (Å²) in [5, 5.41) is 0.636. The zero-order valence-corrected chi connectivity index (χ0v) is 10.2. The number of hydrogen-bond acceptors (Lipinski definition) is 6. The average Bonchev–Trinajstić information content (AvgIpc) is 2.37. The largest absolute Gasteiger partial charge is 0.473 e. The molecule has 0 unspecified atom stereocenters. The van der Waals surface area contributed by atoms with Crippen LogP contribution in [0.2, 0.25) is 5.02 Å². The van der Waals surface area contributed by atoms with Crippen LogP contribution in [0.15, 0.2) is 30.3 Å². The number of nitrogen functional groups attached to an aromatic ring is 2. The number of rotatable bonds is 4. The summed E-state index contributed by atoms with van der Waals surface area (Å²) in [4.78, 5) is 7.78. The quantitative estimate of drug-likeness (QED) is 0.573. The van der Waals surface area contributed by atoms with Crippen LogP contribution in [0.5, 0.6) is 5.88 Å². The molecule has 0 saturated heterocycles. The number of nitrogens with two attached hydrogens (primary N) is 2. The Hall–Kier alpha value is -2.05. The van der Waals surface area contributed by atoms with Crippen molar-refractivity contribution in [3.63, 3.8) is 0 Å². The molecule has 0 bridgehead atoms. The van der Waals surface area contributed by atoms with Gasteiger partial charge in [0.15, 0.2) is 0 Å². The second-order valence-corrected chi connectivity index (χ2v) is 3.88. The maximum atomic E-state index is 6.01. The molecule has 0 radical (unpaired) electrons. The van der Waals surface area contributed by atoms with E-state index in [-0.39, 0.29) is 5.95 Å². The number of ether oxygens (including phenoxy) is 1. The van der Waals surface area contributed by atoms with Gasteiger partial charge in [-0.1, -0.05) is 29.8 Å². The van der Waals surface area contributed by atoms with E-state index in [9.17, 15) is 0 Å². The van der Waals surface area contributed by atoms with Crippen molar-refractivity contribution < 1.29 is 4.74 Å². The predicted molar refractivity (Wildman–Crippen MR) is 70.0 cm³/mol. The first-order chi connectivity index (χ1) is 8.69. The standard InChI is InChI=1S/C11H12ClN5O/c12-8-4-2-1-3-7(8)6-18-10-5-9(17-14)15-11(13)16-10/h1-5H,6,14H2,(H3,13,15,16,17). The number of halogens is 1. The highest BCUT2D eigenvalue weighted by molar-refractivity contribution is 6.31. The number of nitrogens with zero attached hydrogens (tertiary/aromatic N) is 2. The predicted octanol–water partition coefficient (Wildman–Crippen LogP) is 1.58. The fourth-order valence-corrected chi connectivity index (χ4v) is 1.55. The molecule has 1 heterocycles. The smallest absolute Gasteiger partial charge is 0.225 e. The van der Waals surface area contributed by atoms with Gasteiger partial charge in [0, 0.05) is 16.7 Å². The van der Waals surface area contributed by atoms with Crippen LogP contribution in [-0.4, -0.2) is 9.97 Å². The summed E-state index contributed by atoms with van der Waals surface area (Å²) in [7, 11) is 0. The molecule has 0 fully saturated rings. The molecule has 6 nitrogen and oxygen atoms in total. The van der Waals surface area contributed by atoms with Crippen LogP contribution >= 0.6 is 11.6 Å². The van der Waals surface area contributed by atoms with E-state index in [1.807, 2.05) is 18.2 Å². The SMILES string of the molecule is NNc1cc(OCc2ccccc2Cl)nc(N)n1. The van der Waals surface area contributed by atoms with Crippen LogP contribution < -0.4 is 21.7 Å². The van der Waals surface area contributed by atoms with Gasteiger partial charge >= 0.3 is 0 Å². The fourth-order valence-electron chi connectivity index (χ4n) is 1.36. The van der Waals surface area contributed by atoms with Gasteiger partial charge in [-0.05, 0) is 6.07 Å². The lowest BCUT2D eigenvalue weighted by atomic mass is 10.2. The Morgan fingerprint density at radius 2 is 2.06 bits per heavy atom. The molecule has 0 saturated carbocycles. The average molecular weight is 266 g/mol. The monoisotopic (exact) mass is 265 g/mol. The minimum Gasteiger partial charge on any atom is -0.473 e. The lowest BCUT2D eigenvalue weighted by Gasteiger charge is -2.08. The highest BCUT2D eigenvalue weighted by atomic mass is 35.5. The van der Waals surface area contributed by atoms with Gasteiger partial charge in [0.1, 0.15) is 12.4 Å². The minimum absolute atomic E-state index is 0.0830. The maximum absolute atomic E-state index is 6.01. The highest BCUT2D eigenvalue weighted by Gasteiger charge is 2.04. The summed E-state index contributed by atoms with van der Waals surface area (Å²) >= 11 is 6.01. The molecule has 2 aromatic rings. The van der Waals surface area contributed by atoms with Crippen molar-refractivity contribution in [2.24, 2.45) is 5.84 Å². The van der Waals surface area contributed by atoms with Crippen LogP contribution in [0, 0.1) is 0 Å². The number of benzene rings is 1. The van der Waals surface area contributed by atoms with Gasteiger partial charge in [0.2, 0.25) is 11.8 Å². The first kappa shape index (κ1) is 12.4. The van der Waals surface area contributed by atoms with E-state index < -0.39 is 0 Å². The van der Waals surface area contributed by atoms with E-state index in [4.69, 9.17) is 27.9 Å². The van der Waals surface area contributed by atoms with Crippen molar-refractivity contribution in [3.8, 4) is 5.88 Å². The Labute approximate surface area is 109 Å². The summed E-state index contributed by atoms with van der Waals surface area (Å²) < 4.78 is 5.49. The van der Waals surface area contributed by atoms with Crippen LogP contribution in [-0.2, 0) is 6.61 Å². The highest BCUT2D eigenvalue weighted by Crippen LogP contribution is 2.19. The normalized spacial score (nSPS) is 10.1. The second-order valence-electron chi connectivity index (χ2n) is 3.47. The van der Waals surface area contributed by atoms with E-state index in [1.54, 1.807) is 12.1 Å². The molecule has 0 aliphatic carbocycles. The van der Waals surface area contributed by atoms with Crippen molar-refractivity contribution in [2.45, 2.75) is 6.61 Å². The molecule has 2 rings (SSSR count). The van der Waals surface area contributed by atoms with Crippen molar-refractivity contribution >= 4 is 23.4 Å². The molecule has 0 amide bonds. The van der Waals surface area contributed by atoms with Crippen molar-refractivity contribution in [1.82, 2.24) is 9.97 Å². The Bertz CT molecular complexity index is 549. The van der Waals surface area contributed by atoms with Crippen LogP contribution in [0.3, 0.4) is 0 Å². The van der Waals surface area contributed by atoms with Crippen molar-refractivity contribution in [3.05, 3.63) is 40.9 Å². The molecule has 0 aliphatic heterocycles. The molecule has 0 aliphatic rings. The van der Waals surface area contributed by atoms with Gasteiger partial charge in [-0.15, -0.1) is 0 Å². The molecular weight excluding hydrogens is 254 g/mol. The first-order valence-corrected chi connectivity index (χ1v) is 5.54. The maximum Gasteiger partial charge on any atom is 0.225 e. The summed E-state index contributed by atoms with van der Waals surface area (Å²) in [6.45, 7) is 0.292. The third-order valence-corrected chi connectivity index (χ3v) is 2.57. The van der Waals surface area contributed by atoms with E-state index >= 15 is 0 Å². The lowest BCUT2D eigenvalue weighted by Crippen LogP contribution is -2.11. The summed E-state index contributed by atoms with van der Waals surface area (Å²) in [6, 6.07) is 8.94. The molecule has 94 valence electrons. The number of hydrazine groups is 1. The Morgan fingerprint density at radius 1 is 1.28 bits per heavy atom. The molecule has 0 atom stereocenters. The van der Waals surface area contributed by atoms with Gasteiger partial charge < -0.3 is 15.9 Å². The molecule has 1 aromatic heterocycles. The lowest BCUT2D eigenvalue weighted by molar-refractivity contribution is 0.294.